The van der Waals surface area contributed by atoms with Crippen molar-refractivity contribution in [1.82, 2.24) is 10.2 Å². The lowest BCUT2D eigenvalue weighted by Gasteiger charge is -2.17. The summed E-state index contributed by atoms with van der Waals surface area (Å²) in [6.45, 7) is 10.4. The van der Waals surface area contributed by atoms with Gasteiger partial charge >= 0.3 is 0 Å². The van der Waals surface area contributed by atoms with Crippen molar-refractivity contribution < 1.29 is 13.9 Å². The maximum Gasteiger partial charge on any atom is 0.277 e. The molecule has 1 atom stereocenters. The van der Waals surface area contributed by atoms with Gasteiger partial charge in [-0.3, -0.25) is 4.79 Å². The Kier molecular flexibility index (Phi) is 6.98. The van der Waals surface area contributed by atoms with Crippen molar-refractivity contribution >= 4 is 17.5 Å². The smallest absolute Gasteiger partial charge is 0.277 e. The molecule has 30 heavy (non-hydrogen) atoms. The van der Waals surface area contributed by atoms with E-state index in [1.54, 1.807) is 7.11 Å². The van der Waals surface area contributed by atoms with Gasteiger partial charge in [0.15, 0.2) is 5.78 Å². The summed E-state index contributed by atoms with van der Waals surface area (Å²) in [7, 11) is 1.62. The minimum Gasteiger partial charge on any atom is -0.497 e. The van der Waals surface area contributed by atoms with Crippen LogP contribution in [0.1, 0.15) is 67.9 Å². The van der Waals surface area contributed by atoms with E-state index in [-0.39, 0.29) is 17.0 Å². The molecule has 3 rings (SSSR count). The topological polar surface area (TPSA) is 65.2 Å². The summed E-state index contributed by atoms with van der Waals surface area (Å²) in [4.78, 5) is 13.2. The molecule has 6 heteroatoms. The second-order valence-electron chi connectivity index (χ2n) is 7.88. The normalized spacial score (nSPS) is 12.4. The molecule has 0 aliphatic carbocycles. The predicted octanol–water partition coefficient (Wildman–Crippen LogP) is 6.36. The minimum atomic E-state index is -0.337. The molecule has 0 aliphatic heterocycles. The Morgan fingerprint density at radius 1 is 0.967 bits per heavy atom. The van der Waals surface area contributed by atoms with Crippen LogP contribution in [0.3, 0.4) is 0 Å². The third-order valence-electron chi connectivity index (χ3n) is 5.02. The molecule has 2 aromatic carbocycles. The molecule has 0 amide bonds. The average Bonchev–Trinajstić information content (AvgIpc) is 3.21. The van der Waals surface area contributed by atoms with E-state index in [1.807, 2.05) is 37.3 Å². The highest BCUT2D eigenvalue weighted by atomic mass is 32.2. The van der Waals surface area contributed by atoms with Gasteiger partial charge in [0.05, 0.1) is 12.4 Å². The van der Waals surface area contributed by atoms with Crippen LogP contribution in [0.25, 0.3) is 11.5 Å². The van der Waals surface area contributed by atoms with Crippen LogP contribution in [0.5, 0.6) is 5.75 Å². The zero-order valence-electron chi connectivity index (χ0n) is 18.3. The number of methoxy groups -OCH3 is 1. The monoisotopic (exact) mass is 424 g/mol. The Bertz CT molecular complexity index is 1010. The fraction of sp³-hybridized carbons (Fsp3) is 0.375. The largest absolute Gasteiger partial charge is 0.497 e. The highest BCUT2D eigenvalue weighted by Gasteiger charge is 2.23. The Balaban J connectivity index is 1.77. The Hall–Kier alpha value is -2.60. The van der Waals surface area contributed by atoms with E-state index in [0.717, 1.165) is 22.4 Å². The standard InChI is InChI=1S/C24H28N2O3S/c1-14(2)18-9-12-20(21(13-18)15(3)4)22(27)16(5)30-24-26-25-23(29-24)17-7-10-19(28-6)11-8-17/h7-16H,1-6H3. The predicted molar refractivity (Wildman–Crippen MR) is 121 cm³/mol. The van der Waals surface area contributed by atoms with Gasteiger partial charge in [-0.15, -0.1) is 10.2 Å². The van der Waals surface area contributed by atoms with Gasteiger partial charge in [0, 0.05) is 11.1 Å². The summed E-state index contributed by atoms with van der Waals surface area (Å²) in [5.41, 5.74) is 3.91. The number of carbonyl (C=O) groups excluding carboxylic acids is 1. The molecular formula is C24H28N2O3S. The summed E-state index contributed by atoms with van der Waals surface area (Å²) in [6, 6.07) is 13.6. The first-order valence-electron chi connectivity index (χ1n) is 10.1. The van der Waals surface area contributed by atoms with Gasteiger partial charge in [0.1, 0.15) is 5.75 Å². The second kappa shape index (κ2) is 9.47. The number of rotatable bonds is 8. The van der Waals surface area contributed by atoms with Crippen molar-refractivity contribution in [3.05, 3.63) is 59.2 Å². The Morgan fingerprint density at radius 3 is 2.27 bits per heavy atom. The highest BCUT2D eigenvalue weighted by molar-refractivity contribution is 8.00. The number of hydrogen-bond acceptors (Lipinski definition) is 6. The first-order valence-corrected chi connectivity index (χ1v) is 11.0. The van der Waals surface area contributed by atoms with Crippen LogP contribution < -0.4 is 4.74 Å². The molecule has 1 aromatic heterocycles. The van der Waals surface area contributed by atoms with Crippen molar-refractivity contribution in [1.29, 1.82) is 0 Å². The molecule has 3 aromatic rings. The van der Waals surface area contributed by atoms with Gasteiger partial charge in [-0.1, -0.05) is 57.7 Å². The maximum absolute atomic E-state index is 13.2. The third-order valence-corrected chi connectivity index (χ3v) is 5.95. The van der Waals surface area contributed by atoms with E-state index >= 15 is 0 Å². The van der Waals surface area contributed by atoms with Gasteiger partial charge in [-0.2, -0.15) is 0 Å². The van der Waals surface area contributed by atoms with E-state index in [9.17, 15) is 4.79 Å². The lowest BCUT2D eigenvalue weighted by Crippen LogP contribution is -2.16. The SMILES string of the molecule is COc1ccc(-c2nnc(SC(C)C(=O)c3ccc(C(C)C)cc3C(C)C)o2)cc1. The quantitative estimate of drug-likeness (QED) is 0.310. The van der Waals surface area contributed by atoms with Gasteiger partial charge < -0.3 is 9.15 Å². The van der Waals surface area contributed by atoms with Crippen LogP contribution in [0.4, 0.5) is 0 Å². The molecule has 0 fully saturated rings. The van der Waals surface area contributed by atoms with Crippen LogP contribution in [0.15, 0.2) is 52.1 Å². The van der Waals surface area contributed by atoms with Crippen LogP contribution >= 0.6 is 11.8 Å². The number of nitrogens with zero attached hydrogens (tertiary/aromatic N) is 2. The van der Waals surface area contributed by atoms with Crippen molar-refractivity contribution in [3.63, 3.8) is 0 Å². The van der Waals surface area contributed by atoms with E-state index in [0.29, 0.717) is 17.0 Å². The minimum absolute atomic E-state index is 0.0724. The lowest BCUT2D eigenvalue weighted by atomic mass is 9.89. The van der Waals surface area contributed by atoms with Crippen molar-refractivity contribution in [2.45, 2.75) is 56.9 Å². The highest BCUT2D eigenvalue weighted by Crippen LogP contribution is 2.31. The molecule has 0 saturated carbocycles. The Morgan fingerprint density at radius 2 is 1.67 bits per heavy atom. The van der Waals surface area contributed by atoms with E-state index in [1.165, 1.54) is 17.3 Å². The summed E-state index contributed by atoms with van der Waals surface area (Å²) in [5.74, 6) is 1.95. The zero-order valence-corrected chi connectivity index (χ0v) is 19.1. The number of ether oxygens (including phenoxy) is 1. The fourth-order valence-electron chi connectivity index (χ4n) is 3.17. The van der Waals surface area contributed by atoms with Crippen LogP contribution in [0.2, 0.25) is 0 Å². The van der Waals surface area contributed by atoms with E-state index in [2.05, 4.69) is 50.0 Å². The van der Waals surface area contributed by atoms with Crippen LogP contribution in [0, 0.1) is 0 Å². The van der Waals surface area contributed by atoms with Crippen LogP contribution in [-0.2, 0) is 0 Å². The third kappa shape index (κ3) is 4.93. The number of hydrogen-bond donors (Lipinski definition) is 0. The van der Waals surface area contributed by atoms with Gasteiger partial charge in [-0.25, -0.2) is 0 Å². The first kappa shape index (κ1) is 22.1. The van der Waals surface area contributed by atoms with Gasteiger partial charge in [0.2, 0.25) is 5.89 Å². The first-order chi connectivity index (χ1) is 14.3. The molecule has 0 saturated heterocycles. The molecule has 158 valence electrons. The summed E-state index contributed by atoms with van der Waals surface area (Å²) < 4.78 is 10.9. The number of benzene rings is 2. The van der Waals surface area contributed by atoms with Crippen LogP contribution in [-0.4, -0.2) is 28.3 Å². The number of aromatic nitrogens is 2. The molecule has 0 spiro atoms. The number of thioether (sulfide) groups is 1. The Labute approximate surface area is 182 Å². The van der Waals surface area contributed by atoms with Crippen molar-refractivity contribution in [3.8, 4) is 17.2 Å². The second-order valence-corrected chi connectivity index (χ2v) is 9.17. The number of Topliss-reactive ketones (excluding diaryl/α,β-unsaturated/α-hetero) is 1. The van der Waals surface area contributed by atoms with E-state index in [4.69, 9.17) is 9.15 Å². The average molecular weight is 425 g/mol. The molecule has 1 unspecified atom stereocenters. The molecule has 5 nitrogen and oxygen atoms in total. The lowest BCUT2D eigenvalue weighted by molar-refractivity contribution is 0.0992. The molecule has 1 heterocycles. The molecule has 0 radical (unpaired) electrons. The molecule has 0 N–H and O–H groups in total. The van der Waals surface area contributed by atoms with Crippen molar-refractivity contribution in [2.24, 2.45) is 0 Å². The summed E-state index contributed by atoms with van der Waals surface area (Å²) in [6.07, 6.45) is 0. The summed E-state index contributed by atoms with van der Waals surface area (Å²) in [5, 5.41) is 8.27. The maximum atomic E-state index is 13.2. The molecular weight excluding hydrogens is 396 g/mol. The number of ketones is 1. The van der Waals surface area contributed by atoms with Gasteiger partial charge in [-0.05, 0) is 54.2 Å². The summed E-state index contributed by atoms with van der Waals surface area (Å²) >= 11 is 1.29. The molecule has 0 bridgehead atoms. The fourth-order valence-corrected chi connectivity index (χ4v) is 3.93. The van der Waals surface area contributed by atoms with Gasteiger partial charge in [0.25, 0.3) is 5.22 Å². The molecule has 0 aliphatic rings. The number of carbonyl (C=O) groups is 1. The van der Waals surface area contributed by atoms with E-state index < -0.39 is 0 Å². The zero-order chi connectivity index (χ0) is 21.8. The van der Waals surface area contributed by atoms with Crippen molar-refractivity contribution in [2.75, 3.05) is 7.11 Å².